The lowest BCUT2D eigenvalue weighted by Gasteiger charge is -2.37. The van der Waals surface area contributed by atoms with Crippen LogP contribution in [0.3, 0.4) is 0 Å². The smallest absolute Gasteiger partial charge is 0.243 e. The summed E-state index contributed by atoms with van der Waals surface area (Å²) in [7, 11) is -3.47. The quantitative estimate of drug-likeness (QED) is 0.771. The first-order valence-corrected chi connectivity index (χ1v) is 9.85. The molecule has 0 aromatic heterocycles. The fraction of sp³-hybridized carbons (Fsp3) is 0.588. The lowest BCUT2D eigenvalue weighted by atomic mass is 9.82. The Balaban J connectivity index is 2.03. The van der Waals surface area contributed by atoms with Crippen LogP contribution in [-0.4, -0.2) is 50.0 Å². The van der Waals surface area contributed by atoms with E-state index in [4.69, 9.17) is 5.11 Å². The topological polar surface area (TPSA) is 86.7 Å². The third kappa shape index (κ3) is 4.55. The van der Waals surface area contributed by atoms with Gasteiger partial charge in [-0.1, -0.05) is 31.5 Å². The van der Waals surface area contributed by atoms with Gasteiger partial charge in [-0.05, 0) is 30.4 Å². The minimum atomic E-state index is -3.47. The lowest BCUT2D eigenvalue weighted by molar-refractivity contribution is -0.122. The predicted molar refractivity (Wildman–Crippen MR) is 91.8 cm³/mol. The maximum atomic E-state index is 12.7. The number of piperidine rings is 1. The molecule has 1 heterocycles. The van der Waals surface area contributed by atoms with Gasteiger partial charge in [0.25, 0.3) is 0 Å². The van der Waals surface area contributed by atoms with E-state index in [-0.39, 0.29) is 30.9 Å². The first-order chi connectivity index (χ1) is 11.5. The molecule has 1 fully saturated rings. The molecule has 1 saturated heterocycles. The van der Waals surface area contributed by atoms with Crippen molar-refractivity contribution in [1.82, 2.24) is 9.62 Å². The van der Waals surface area contributed by atoms with E-state index < -0.39 is 10.0 Å². The highest BCUT2D eigenvalue weighted by Gasteiger charge is 2.35. The zero-order valence-corrected chi connectivity index (χ0v) is 14.8. The Bertz CT molecular complexity index is 633. The Morgan fingerprint density at radius 1 is 1.29 bits per heavy atom. The monoisotopic (exact) mass is 354 g/mol. The van der Waals surface area contributed by atoms with Crippen molar-refractivity contribution in [3.63, 3.8) is 0 Å². The summed E-state index contributed by atoms with van der Waals surface area (Å²) in [5.74, 6) is 0.264. The normalized spacial score (nSPS) is 22.2. The number of benzene rings is 1. The molecule has 2 N–H and O–H groups in total. The van der Waals surface area contributed by atoms with Crippen LogP contribution < -0.4 is 5.32 Å². The maximum Gasteiger partial charge on any atom is 0.243 e. The number of carbonyl (C=O) groups is 1. The summed E-state index contributed by atoms with van der Waals surface area (Å²) in [6.07, 6.45) is 1.90. The average Bonchev–Trinajstić information content (AvgIpc) is 2.60. The summed E-state index contributed by atoms with van der Waals surface area (Å²) < 4.78 is 27.0. The van der Waals surface area contributed by atoms with E-state index in [0.29, 0.717) is 30.8 Å². The van der Waals surface area contributed by atoms with Crippen LogP contribution >= 0.6 is 0 Å². The first-order valence-electron chi connectivity index (χ1n) is 8.41. The summed E-state index contributed by atoms with van der Waals surface area (Å²) in [6.45, 7) is 3.10. The van der Waals surface area contributed by atoms with Gasteiger partial charge in [0.2, 0.25) is 15.9 Å². The number of hydrogen-bond donors (Lipinski definition) is 2. The fourth-order valence-corrected chi connectivity index (χ4v) is 4.78. The van der Waals surface area contributed by atoms with E-state index in [9.17, 15) is 13.2 Å². The Kier molecular flexibility index (Phi) is 6.77. The van der Waals surface area contributed by atoms with E-state index in [1.54, 1.807) is 34.6 Å². The van der Waals surface area contributed by atoms with Crippen molar-refractivity contribution in [2.24, 2.45) is 11.8 Å². The summed E-state index contributed by atoms with van der Waals surface area (Å²) in [5, 5.41) is 11.4. The number of sulfonamides is 1. The molecule has 0 spiro atoms. The van der Waals surface area contributed by atoms with E-state index in [1.807, 2.05) is 6.92 Å². The van der Waals surface area contributed by atoms with Gasteiger partial charge in [0.15, 0.2) is 0 Å². The van der Waals surface area contributed by atoms with Crippen LogP contribution in [0.25, 0.3) is 0 Å². The van der Waals surface area contributed by atoms with Gasteiger partial charge in [-0.3, -0.25) is 4.79 Å². The largest absolute Gasteiger partial charge is 0.395 e. The summed E-state index contributed by atoms with van der Waals surface area (Å²) in [6, 6.07) is 8.48. The number of carbonyl (C=O) groups excluding carboxylic acids is 1. The molecule has 134 valence electrons. The predicted octanol–water partition coefficient (Wildman–Crippen LogP) is 1.22. The second-order valence-electron chi connectivity index (χ2n) is 6.17. The summed E-state index contributed by atoms with van der Waals surface area (Å²) in [4.78, 5) is 12.2. The van der Waals surface area contributed by atoms with Gasteiger partial charge < -0.3 is 10.4 Å². The van der Waals surface area contributed by atoms with Crippen molar-refractivity contribution in [3.05, 3.63) is 30.3 Å². The highest BCUT2D eigenvalue weighted by Crippen LogP contribution is 2.31. The second kappa shape index (κ2) is 8.60. The Labute approximate surface area is 143 Å². The van der Waals surface area contributed by atoms with Gasteiger partial charge in [-0.2, -0.15) is 4.31 Å². The van der Waals surface area contributed by atoms with Crippen molar-refractivity contribution in [2.45, 2.75) is 31.1 Å². The minimum absolute atomic E-state index is 0.0727. The molecule has 0 radical (unpaired) electrons. The molecule has 2 atom stereocenters. The third-order valence-corrected chi connectivity index (χ3v) is 6.52. The fourth-order valence-electron chi connectivity index (χ4n) is 3.24. The van der Waals surface area contributed by atoms with Gasteiger partial charge in [0, 0.05) is 26.1 Å². The van der Waals surface area contributed by atoms with Crippen molar-refractivity contribution in [2.75, 3.05) is 26.2 Å². The highest BCUT2D eigenvalue weighted by molar-refractivity contribution is 7.89. The van der Waals surface area contributed by atoms with Crippen LogP contribution in [0.2, 0.25) is 0 Å². The van der Waals surface area contributed by atoms with E-state index in [1.165, 1.54) is 0 Å². The highest BCUT2D eigenvalue weighted by atomic mass is 32.2. The average molecular weight is 354 g/mol. The second-order valence-corrected chi connectivity index (χ2v) is 8.11. The number of nitrogens with one attached hydrogen (secondary N) is 1. The molecule has 24 heavy (non-hydrogen) atoms. The van der Waals surface area contributed by atoms with Gasteiger partial charge in [0.05, 0.1) is 11.5 Å². The number of aliphatic hydroxyl groups excluding tert-OH is 1. The molecule has 1 amide bonds. The molecular weight excluding hydrogens is 328 g/mol. The van der Waals surface area contributed by atoms with E-state index in [0.717, 1.165) is 6.42 Å². The molecule has 1 aliphatic rings. The molecule has 0 unspecified atom stereocenters. The SMILES string of the molecule is CC[C@@H]1CN(S(=O)(=O)c2ccccc2)CC[C@H]1CC(=O)NCCO. The number of amides is 1. The van der Waals surface area contributed by atoms with Crippen LogP contribution in [0, 0.1) is 11.8 Å². The molecule has 0 saturated carbocycles. The standard InChI is InChI=1S/C17H26N2O4S/c1-2-14-13-19(24(22,23)16-6-4-3-5-7-16)10-8-15(14)12-17(21)18-9-11-20/h3-7,14-15,20H,2,8-13H2,1H3,(H,18,21)/t14-,15+/m1/s1. The molecule has 0 aliphatic carbocycles. The molecule has 2 rings (SSSR count). The van der Waals surface area contributed by atoms with Gasteiger partial charge in [-0.25, -0.2) is 8.42 Å². The number of hydrogen-bond acceptors (Lipinski definition) is 4. The Hall–Kier alpha value is -1.44. The molecule has 7 heteroatoms. The van der Waals surface area contributed by atoms with Crippen LogP contribution in [0.4, 0.5) is 0 Å². The zero-order valence-electron chi connectivity index (χ0n) is 14.0. The Morgan fingerprint density at radius 2 is 2.00 bits per heavy atom. The minimum Gasteiger partial charge on any atom is -0.395 e. The molecule has 1 aliphatic heterocycles. The first kappa shape index (κ1) is 18.9. The number of aliphatic hydroxyl groups is 1. The summed E-state index contributed by atoms with van der Waals surface area (Å²) >= 11 is 0. The molecule has 6 nitrogen and oxygen atoms in total. The molecule has 0 bridgehead atoms. The van der Waals surface area contributed by atoms with Gasteiger partial charge in [-0.15, -0.1) is 0 Å². The third-order valence-electron chi connectivity index (χ3n) is 4.64. The Morgan fingerprint density at radius 3 is 2.62 bits per heavy atom. The number of nitrogens with zero attached hydrogens (tertiary/aromatic N) is 1. The van der Waals surface area contributed by atoms with E-state index >= 15 is 0 Å². The molecule has 1 aromatic rings. The van der Waals surface area contributed by atoms with Gasteiger partial charge >= 0.3 is 0 Å². The van der Waals surface area contributed by atoms with Crippen LogP contribution in [-0.2, 0) is 14.8 Å². The summed E-state index contributed by atoms with van der Waals surface area (Å²) in [5.41, 5.74) is 0. The van der Waals surface area contributed by atoms with E-state index in [2.05, 4.69) is 5.32 Å². The van der Waals surface area contributed by atoms with Crippen LogP contribution in [0.5, 0.6) is 0 Å². The zero-order chi connectivity index (χ0) is 17.6. The van der Waals surface area contributed by atoms with Crippen molar-refractivity contribution in [1.29, 1.82) is 0 Å². The molecular formula is C17H26N2O4S. The van der Waals surface area contributed by atoms with Gasteiger partial charge in [0.1, 0.15) is 0 Å². The molecule has 1 aromatic carbocycles. The lowest BCUT2D eigenvalue weighted by Crippen LogP contribution is -2.44. The van der Waals surface area contributed by atoms with Crippen molar-refractivity contribution >= 4 is 15.9 Å². The number of rotatable bonds is 7. The van der Waals surface area contributed by atoms with Crippen LogP contribution in [0.15, 0.2) is 35.2 Å². The van der Waals surface area contributed by atoms with Crippen molar-refractivity contribution in [3.8, 4) is 0 Å². The van der Waals surface area contributed by atoms with Crippen LogP contribution in [0.1, 0.15) is 26.2 Å². The van der Waals surface area contributed by atoms with Crippen molar-refractivity contribution < 1.29 is 18.3 Å². The maximum absolute atomic E-state index is 12.7.